The van der Waals surface area contributed by atoms with Crippen LogP contribution in [0.5, 0.6) is 0 Å². The number of allylic oxidation sites excluding steroid dienone is 1. The maximum absolute atomic E-state index is 3.45. The van der Waals surface area contributed by atoms with E-state index in [0.29, 0.717) is 0 Å². The number of hydrogen-bond donors (Lipinski definition) is 1. The molecule has 13 heavy (non-hydrogen) atoms. The fourth-order valence-corrected chi connectivity index (χ4v) is 1.96. The van der Waals surface area contributed by atoms with E-state index in [9.17, 15) is 0 Å². The van der Waals surface area contributed by atoms with Gasteiger partial charge in [-0.2, -0.15) is 0 Å². The van der Waals surface area contributed by atoms with E-state index in [1.807, 2.05) is 0 Å². The van der Waals surface area contributed by atoms with Crippen molar-refractivity contribution in [2.75, 3.05) is 13.1 Å². The summed E-state index contributed by atoms with van der Waals surface area (Å²) in [5, 5.41) is 3.45. The molecule has 0 aromatic carbocycles. The van der Waals surface area contributed by atoms with Gasteiger partial charge in [-0.15, -0.1) is 0 Å². The van der Waals surface area contributed by atoms with Gasteiger partial charge in [-0.3, -0.25) is 0 Å². The first kappa shape index (κ1) is 10.8. The fourth-order valence-electron chi connectivity index (χ4n) is 1.96. The predicted molar refractivity (Wildman–Crippen MR) is 58.9 cm³/mol. The Morgan fingerprint density at radius 1 is 1.23 bits per heavy atom. The third-order valence-electron chi connectivity index (χ3n) is 2.99. The average Bonchev–Trinajstić information content (AvgIpc) is 2.42. The molecule has 1 N–H and O–H groups in total. The van der Waals surface area contributed by atoms with Crippen LogP contribution < -0.4 is 5.32 Å². The summed E-state index contributed by atoms with van der Waals surface area (Å²) in [5.74, 6) is 0.827. The molecule has 76 valence electrons. The summed E-state index contributed by atoms with van der Waals surface area (Å²) >= 11 is 0. The molecule has 1 aliphatic rings. The molecule has 1 rings (SSSR count). The molecule has 0 spiro atoms. The van der Waals surface area contributed by atoms with Crippen molar-refractivity contribution in [3.05, 3.63) is 11.6 Å². The Bertz CT molecular complexity index is 147. The van der Waals surface area contributed by atoms with Crippen LogP contribution >= 0.6 is 0 Å². The summed E-state index contributed by atoms with van der Waals surface area (Å²) < 4.78 is 0. The summed E-state index contributed by atoms with van der Waals surface area (Å²) in [4.78, 5) is 0. The Morgan fingerprint density at radius 2 is 2.00 bits per heavy atom. The topological polar surface area (TPSA) is 12.0 Å². The average molecular weight is 181 g/mol. The molecule has 0 atom stereocenters. The second-order valence-corrected chi connectivity index (χ2v) is 4.01. The van der Waals surface area contributed by atoms with Gasteiger partial charge in [-0.25, -0.2) is 0 Å². The summed E-state index contributed by atoms with van der Waals surface area (Å²) in [7, 11) is 0. The summed E-state index contributed by atoms with van der Waals surface area (Å²) in [6, 6.07) is 0. The van der Waals surface area contributed by atoms with E-state index in [2.05, 4.69) is 25.2 Å². The summed E-state index contributed by atoms with van der Waals surface area (Å²) in [6.45, 7) is 6.98. The monoisotopic (exact) mass is 181 g/mol. The molecular formula is C12H23N. The summed E-state index contributed by atoms with van der Waals surface area (Å²) in [5.41, 5.74) is 1.69. The van der Waals surface area contributed by atoms with Crippen LogP contribution in [0.4, 0.5) is 0 Å². The third-order valence-corrected chi connectivity index (χ3v) is 2.99. The minimum absolute atomic E-state index is 0.827. The Kier molecular flexibility index (Phi) is 5.14. The van der Waals surface area contributed by atoms with Gasteiger partial charge in [0, 0.05) is 0 Å². The van der Waals surface area contributed by atoms with Gasteiger partial charge in [0.15, 0.2) is 0 Å². The second-order valence-electron chi connectivity index (χ2n) is 4.01. The van der Waals surface area contributed by atoms with Crippen LogP contribution in [0.2, 0.25) is 0 Å². The van der Waals surface area contributed by atoms with Gasteiger partial charge in [0.05, 0.1) is 0 Å². The fraction of sp³-hybridized carbons (Fsp3) is 0.833. The highest BCUT2D eigenvalue weighted by Crippen LogP contribution is 2.18. The van der Waals surface area contributed by atoms with E-state index in [1.165, 1.54) is 45.2 Å². The number of nitrogens with one attached hydrogen (secondary N) is 1. The van der Waals surface area contributed by atoms with Crippen LogP contribution in [-0.2, 0) is 0 Å². The minimum Gasteiger partial charge on any atom is -0.316 e. The third kappa shape index (κ3) is 3.95. The van der Waals surface area contributed by atoms with Crippen molar-refractivity contribution in [1.29, 1.82) is 0 Å². The van der Waals surface area contributed by atoms with Crippen molar-refractivity contribution >= 4 is 0 Å². The molecule has 1 aliphatic heterocycles. The molecule has 0 unspecified atom stereocenters. The first-order valence-corrected chi connectivity index (χ1v) is 5.77. The van der Waals surface area contributed by atoms with E-state index < -0.39 is 0 Å². The largest absolute Gasteiger partial charge is 0.316 e. The Balaban J connectivity index is 2.45. The standard InChI is InChI=1S/C12H23N/c1-3-11(4-2)10-12-6-5-8-13-9-7-12/h10-11,13H,3-9H2,1-2H3/b12-10-. The van der Waals surface area contributed by atoms with Crippen LogP contribution in [0.15, 0.2) is 11.6 Å². The molecule has 0 saturated carbocycles. The normalized spacial score (nSPS) is 22.2. The predicted octanol–water partition coefficient (Wildman–Crippen LogP) is 3.12. The van der Waals surface area contributed by atoms with Gasteiger partial charge in [0.1, 0.15) is 0 Å². The van der Waals surface area contributed by atoms with Gasteiger partial charge in [0.2, 0.25) is 0 Å². The maximum Gasteiger partial charge on any atom is -0.00116 e. The smallest absolute Gasteiger partial charge is 0.00116 e. The number of hydrogen-bond acceptors (Lipinski definition) is 1. The van der Waals surface area contributed by atoms with E-state index in [4.69, 9.17) is 0 Å². The lowest BCUT2D eigenvalue weighted by Gasteiger charge is -2.09. The Morgan fingerprint density at radius 3 is 2.69 bits per heavy atom. The molecule has 1 heteroatoms. The SMILES string of the molecule is CCC(/C=C1/CCCNCC1)CC. The van der Waals surface area contributed by atoms with Gasteiger partial charge < -0.3 is 5.32 Å². The molecule has 1 fully saturated rings. The van der Waals surface area contributed by atoms with Crippen LogP contribution in [0, 0.1) is 5.92 Å². The van der Waals surface area contributed by atoms with Crippen molar-refractivity contribution in [3.8, 4) is 0 Å². The molecule has 0 aromatic rings. The maximum atomic E-state index is 3.45. The molecule has 0 aromatic heterocycles. The zero-order valence-electron chi connectivity index (χ0n) is 9.10. The van der Waals surface area contributed by atoms with Gasteiger partial charge in [0.25, 0.3) is 0 Å². The van der Waals surface area contributed by atoms with Crippen LogP contribution in [-0.4, -0.2) is 13.1 Å². The molecule has 0 bridgehead atoms. The molecule has 1 nitrogen and oxygen atoms in total. The zero-order valence-corrected chi connectivity index (χ0v) is 9.10. The summed E-state index contributed by atoms with van der Waals surface area (Å²) in [6.07, 6.45) is 9.06. The molecule has 0 amide bonds. The van der Waals surface area contributed by atoms with E-state index >= 15 is 0 Å². The highest BCUT2D eigenvalue weighted by atomic mass is 14.8. The molecule has 0 aliphatic carbocycles. The van der Waals surface area contributed by atoms with Crippen LogP contribution in [0.1, 0.15) is 46.0 Å². The van der Waals surface area contributed by atoms with Crippen LogP contribution in [0.25, 0.3) is 0 Å². The van der Waals surface area contributed by atoms with Gasteiger partial charge in [-0.05, 0) is 51.1 Å². The quantitative estimate of drug-likeness (QED) is 0.660. The highest BCUT2D eigenvalue weighted by Gasteiger charge is 2.06. The molecule has 1 saturated heterocycles. The van der Waals surface area contributed by atoms with Crippen molar-refractivity contribution in [1.82, 2.24) is 5.32 Å². The van der Waals surface area contributed by atoms with Crippen molar-refractivity contribution in [2.24, 2.45) is 5.92 Å². The van der Waals surface area contributed by atoms with E-state index in [0.717, 1.165) is 5.92 Å². The lowest BCUT2D eigenvalue weighted by atomic mass is 9.97. The zero-order chi connectivity index (χ0) is 9.52. The lowest BCUT2D eigenvalue weighted by molar-refractivity contribution is 0.597. The molecule has 1 heterocycles. The van der Waals surface area contributed by atoms with Crippen LogP contribution in [0.3, 0.4) is 0 Å². The highest BCUT2D eigenvalue weighted by molar-refractivity contribution is 5.06. The number of rotatable bonds is 3. The van der Waals surface area contributed by atoms with Crippen molar-refractivity contribution in [3.63, 3.8) is 0 Å². The first-order valence-electron chi connectivity index (χ1n) is 5.77. The molecule has 0 radical (unpaired) electrons. The van der Waals surface area contributed by atoms with Crippen molar-refractivity contribution < 1.29 is 0 Å². The molecular weight excluding hydrogens is 158 g/mol. The Hall–Kier alpha value is -0.300. The van der Waals surface area contributed by atoms with E-state index in [1.54, 1.807) is 5.57 Å². The minimum atomic E-state index is 0.827. The van der Waals surface area contributed by atoms with Gasteiger partial charge >= 0.3 is 0 Å². The first-order chi connectivity index (χ1) is 6.36. The van der Waals surface area contributed by atoms with Gasteiger partial charge in [-0.1, -0.05) is 25.5 Å². The van der Waals surface area contributed by atoms with E-state index in [-0.39, 0.29) is 0 Å². The Labute approximate surface area is 82.6 Å². The van der Waals surface area contributed by atoms with Crippen molar-refractivity contribution in [2.45, 2.75) is 46.0 Å². The lowest BCUT2D eigenvalue weighted by Crippen LogP contribution is -2.13. The second kappa shape index (κ2) is 6.20.